The molecule has 2 nitrogen and oxygen atoms in total. The van der Waals surface area contributed by atoms with Crippen molar-refractivity contribution in [1.82, 2.24) is 0 Å². The summed E-state index contributed by atoms with van der Waals surface area (Å²) in [5.41, 5.74) is -0.524. The molecule has 2 aliphatic heterocycles. The van der Waals surface area contributed by atoms with Gasteiger partial charge in [0.25, 0.3) is 0 Å². The maximum absolute atomic E-state index is 10.2. The van der Waals surface area contributed by atoms with Crippen molar-refractivity contribution in [3.8, 4) is 0 Å². The van der Waals surface area contributed by atoms with Gasteiger partial charge in [0.15, 0.2) is 0 Å². The van der Waals surface area contributed by atoms with Crippen LogP contribution in [-0.2, 0) is 4.74 Å². The van der Waals surface area contributed by atoms with E-state index in [0.717, 1.165) is 12.8 Å². The van der Waals surface area contributed by atoms with Crippen LogP contribution < -0.4 is 0 Å². The maximum Gasteiger partial charge on any atom is 0.0719 e. The number of rotatable bonds is 0. The molecule has 0 amide bonds. The predicted molar refractivity (Wildman–Crippen MR) is 46.8 cm³/mol. The maximum atomic E-state index is 10.2. The molecule has 0 aromatic carbocycles. The third-order valence-corrected chi connectivity index (χ3v) is 4.04. The number of hydrogen-bond acceptors (Lipinski definition) is 2. The molecule has 2 heterocycles. The molecule has 1 N–H and O–H groups in total. The van der Waals surface area contributed by atoms with E-state index in [0.29, 0.717) is 12.2 Å². The van der Waals surface area contributed by atoms with E-state index >= 15 is 0 Å². The zero-order valence-corrected chi connectivity index (χ0v) is 8.08. The topological polar surface area (TPSA) is 29.5 Å². The largest absolute Gasteiger partial charge is 0.389 e. The molecule has 12 heavy (non-hydrogen) atoms. The Labute approximate surface area is 73.9 Å². The molecule has 0 aliphatic carbocycles. The van der Waals surface area contributed by atoms with Gasteiger partial charge in [-0.3, -0.25) is 0 Å². The Bertz CT molecular complexity index is 170. The lowest BCUT2D eigenvalue weighted by Gasteiger charge is -2.44. The lowest BCUT2D eigenvalue weighted by molar-refractivity contribution is -0.179. The first kappa shape index (κ1) is 8.52. The third-order valence-electron chi connectivity index (χ3n) is 4.04. The summed E-state index contributed by atoms with van der Waals surface area (Å²) in [7, 11) is 0. The van der Waals surface area contributed by atoms with E-state index in [1.165, 1.54) is 0 Å². The highest BCUT2D eigenvalue weighted by molar-refractivity contribution is 5.00. The molecule has 0 aromatic heterocycles. The van der Waals surface area contributed by atoms with Crippen molar-refractivity contribution >= 4 is 0 Å². The highest BCUT2D eigenvalue weighted by Gasteiger charge is 2.51. The fourth-order valence-electron chi connectivity index (χ4n) is 2.59. The smallest absolute Gasteiger partial charge is 0.0719 e. The van der Waals surface area contributed by atoms with Gasteiger partial charge in [-0.25, -0.2) is 0 Å². The summed E-state index contributed by atoms with van der Waals surface area (Å²) in [6.07, 6.45) is 2.88. The molecule has 2 heteroatoms. The van der Waals surface area contributed by atoms with Crippen LogP contribution in [0.2, 0.25) is 0 Å². The Morgan fingerprint density at radius 1 is 1.17 bits per heavy atom. The van der Waals surface area contributed by atoms with Crippen molar-refractivity contribution in [2.24, 2.45) is 11.8 Å². The van der Waals surface area contributed by atoms with Gasteiger partial charge < -0.3 is 9.84 Å². The molecule has 2 saturated heterocycles. The van der Waals surface area contributed by atoms with Crippen molar-refractivity contribution in [2.75, 3.05) is 0 Å². The van der Waals surface area contributed by atoms with Crippen molar-refractivity contribution in [3.05, 3.63) is 0 Å². The highest BCUT2D eigenvalue weighted by atomic mass is 16.5. The van der Waals surface area contributed by atoms with Gasteiger partial charge in [-0.15, -0.1) is 0 Å². The molecular formula is C10H18O2. The minimum absolute atomic E-state index is 0.284. The molecule has 2 bridgehead atoms. The first-order valence-electron chi connectivity index (χ1n) is 4.91. The molecule has 2 rings (SSSR count). The van der Waals surface area contributed by atoms with Crippen LogP contribution >= 0.6 is 0 Å². The van der Waals surface area contributed by atoms with Gasteiger partial charge in [0.2, 0.25) is 0 Å². The van der Waals surface area contributed by atoms with Crippen LogP contribution in [0, 0.1) is 11.8 Å². The van der Waals surface area contributed by atoms with Gasteiger partial charge >= 0.3 is 0 Å². The zero-order chi connectivity index (χ0) is 8.93. The van der Waals surface area contributed by atoms with Crippen molar-refractivity contribution in [1.29, 1.82) is 0 Å². The van der Waals surface area contributed by atoms with Gasteiger partial charge in [-0.05, 0) is 19.8 Å². The number of ether oxygens (including phenoxy) is 1. The van der Waals surface area contributed by atoms with E-state index in [9.17, 15) is 5.11 Å². The van der Waals surface area contributed by atoms with Crippen LogP contribution in [0.5, 0.6) is 0 Å². The highest BCUT2D eigenvalue weighted by Crippen LogP contribution is 2.45. The van der Waals surface area contributed by atoms with Gasteiger partial charge in [0, 0.05) is 11.8 Å². The van der Waals surface area contributed by atoms with Crippen LogP contribution in [0.1, 0.15) is 33.6 Å². The summed E-state index contributed by atoms with van der Waals surface area (Å²) in [5, 5.41) is 10.2. The van der Waals surface area contributed by atoms with Crippen LogP contribution in [0.4, 0.5) is 0 Å². The third kappa shape index (κ3) is 0.944. The van der Waals surface area contributed by atoms with Gasteiger partial charge in [-0.1, -0.05) is 13.8 Å². The molecule has 70 valence electrons. The summed E-state index contributed by atoms with van der Waals surface area (Å²) < 4.78 is 5.80. The van der Waals surface area contributed by atoms with E-state index in [1.807, 2.05) is 6.92 Å². The molecule has 0 aromatic rings. The second-order valence-electron chi connectivity index (χ2n) is 4.59. The van der Waals surface area contributed by atoms with E-state index in [4.69, 9.17) is 4.74 Å². The second kappa shape index (κ2) is 2.46. The molecule has 0 saturated carbocycles. The standard InChI is InChI=1S/C10H18O2/c1-6-8-4-5-9(12-8)7(2)10(6,3)11/h6-9,11H,4-5H2,1-3H3/t6-,7+,8?,9?,10?. The van der Waals surface area contributed by atoms with Crippen LogP contribution in [-0.4, -0.2) is 22.9 Å². The van der Waals surface area contributed by atoms with Crippen molar-refractivity contribution in [3.63, 3.8) is 0 Å². The average Bonchev–Trinajstić information content (AvgIpc) is 2.45. The SMILES string of the molecule is C[C@@H]1C2CCC(O2)[C@H](C)C1(C)O. The van der Waals surface area contributed by atoms with E-state index in [1.54, 1.807) is 0 Å². The summed E-state index contributed by atoms with van der Waals surface area (Å²) in [6, 6.07) is 0. The van der Waals surface area contributed by atoms with Gasteiger partial charge in [-0.2, -0.15) is 0 Å². The lowest BCUT2D eigenvalue weighted by atomic mass is 9.75. The number of hydrogen-bond donors (Lipinski definition) is 1. The predicted octanol–water partition coefficient (Wildman–Crippen LogP) is 1.57. The van der Waals surface area contributed by atoms with Crippen molar-refractivity contribution in [2.45, 2.75) is 51.4 Å². The lowest BCUT2D eigenvalue weighted by Crippen LogP contribution is -2.52. The summed E-state index contributed by atoms with van der Waals surface area (Å²) in [4.78, 5) is 0. The minimum atomic E-state index is -0.524. The molecule has 2 aliphatic rings. The number of aliphatic hydroxyl groups is 1. The molecule has 0 radical (unpaired) electrons. The first-order chi connectivity index (χ1) is 5.53. The van der Waals surface area contributed by atoms with E-state index < -0.39 is 5.60 Å². The molecule has 5 atom stereocenters. The molecular weight excluding hydrogens is 152 g/mol. The van der Waals surface area contributed by atoms with Crippen LogP contribution in [0.15, 0.2) is 0 Å². The normalized spacial score (nSPS) is 59.0. The summed E-state index contributed by atoms with van der Waals surface area (Å²) in [6.45, 7) is 6.15. The molecule has 2 fully saturated rings. The van der Waals surface area contributed by atoms with Gasteiger partial charge in [0.1, 0.15) is 0 Å². The second-order valence-corrected chi connectivity index (χ2v) is 4.59. The van der Waals surface area contributed by atoms with Gasteiger partial charge in [0.05, 0.1) is 17.8 Å². The van der Waals surface area contributed by atoms with E-state index in [2.05, 4.69) is 13.8 Å². The summed E-state index contributed by atoms with van der Waals surface area (Å²) in [5.74, 6) is 0.567. The Morgan fingerprint density at radius 3 is 2.00 bits per heavy atom. The molecule has 0 spiro atoms. The Hall–Kier alpha value is -0.0800. The number of fused-ring (bicyclic) bond motifs is 2. The van der Waals surface area contributed by atoms with Crippen LogP contribution in [0.3, 0.4) is 0 Å². The molecule has 3 unspecified atom stereocenters. The quantitative estimate of drug-likeness (QED) is 0.598. The van der Waals surface area contributed by atoms with Crippen molar-refractivity contribution < 1.29 is 9.84 Å². The minimum Gasteiger partial charge on any atom is -0.389 e. The zero-order valence-electron chi connectivity index (χ0n) is 8.08. The Morgan fingerprint density at radius 2 is 1.58 bits per heavy atom. The first-order valence-corrected chi connectivity index (χ1v) is 4.91. The Kier molecular flexibility index (Phi) is 1.74. The average molecular weight is 170 g/mol. The monoisotopic (exact) mass is 170 g/mol. The summed E-state index contributed by atoms with van der Waals surface area (Å²) >= 11 is 0. The Balaban J connectivity index is 2.27. The fourth-order valence-corrected chi connectivity index (χ4v) is 2.59. The van der Waals surface area contributed by atoms with E-state index in [-0.39, 0.29) is 11.8 Å². The fraction of sp³-hybridized carbons (Fsp3) is 1.00. The van der Waals surface area contributed by atoms with Crippen LogP contribution in [0.25, 0.3) is 0 Å².